The monoisotopic (exact) mass is 547 g/mol. The van der Waals surface area contributed by atoms with Gasteiger partial charge in [0.15, 0.2) is 5.82 Å². The Hall–Kier alpha value is -2.93. The molecule has 2 heterocycles. The van der Waals surface area contributed by atoms with Crippen molar-refractivity contribution in [3.05, 3.63) is 88.0 Å². The number of aromatic nitrogens is 3. The van der Waals surface area contributed by atoms with Crippen LogP contribution >= 0.6 is 27.5 Å². The van der Waals surface area contributed by atoms with Crippen molar-refractivity contribution in [1.29, 1.82) is 0 Å². The van der Waals surface area contributed by atoms with E-state index < -0.39 is 0 Å². The first-order valence-electron chi connectivity index (χ1n) is 11.7. The molecular formula is C28H27BrClN5. The maximum absolute atomic E-state index is 6.71. The maximum atomic E-state index is 6.71. The molecule has 0 fully saturated rings. The zero-order valence-corrected chi connectivity index (χ0v) is 22.1. The van der Waals surface area contributed by atoms with Crippen molar-refractivity contribution in [1.82, 2.24) is 19.4 Å². The van der Waals surface area contributed by atoms with Crippen molar-refractivity contribution in [2.24, 2.45) is 0 Å². The average molecular weight is 549 g/mol. The van der Waals surface area contributed by atoms with E-state index in [1.807, 2.05) is 30.3 Å². The van der Waals surface area contributed by atoms with Crippen LogP contribution < -0.4 is 5.32 Å². The molecule has 0 aliphatic heterocycles. The number of nitrogens with one attached hydrogen (secondary N) is 1. The Labute approximate surface area is 218 Å². The lowest BCUT2D eigenvalue weighted by Gasteiger charge is -2.13. The molecule has 5 rings (SSSR count). The van der Waals surface area contributed by atoms with Gasteiger partial charge in [-0.05, 0) is 66.8 Å². The molecule has 0 aliphatic rings. The smallest absolute Gasteiger partial charge is 0.164 e. The van der Waals surface area contributed by atoms with Gasteiger partial charge in [0.05, 0.1) is 16.1 Å². The van der Waals surface area contributed by atoms with Gasteiger partial charge in [0.1, 0.15) is 5.82 Å². The molecule has 0 unspecified atom stereocenters. The summed E-state index contributed by atoms with van der Waals surface area (Å²) in [5.41, 5.74) is 4.05. The minimum absolute atomic E-state index is 0.679. The summed E-state index contributed by atoms with van der Waals surface area (Å²) in [7, 11) is 4.18. The van der Waals surface area contributed by atoms with Crippen LogP contribution in [0.5, 0.6) is 0 Å². The van der Waals surface area contributed by atoms with E-state index in [-0.39, 0.29) is 0 Å². The second-order valence-corrected chi connectivity index (χ2v) is 10.2. The highest BCUT2D eigenvalue weighted by Crippen LogP contribution is 2.36. The van der Waals surface area contributed by atoms with Crippen LogP contribution in [0.1, 0.15) is 12.0 Å². The lowest BCUT2D eigenvalue weighted by atomic mass is 10.1. The van der Waals surface area contributed by atoms with Crippen LogP contribution in [-0.2, 0) is 6.54 Å². The van der Waals surface area contributed by atoms with Crippen LogP contribution in [0.4, 0.5) is 5.82 Å². The molecule has 178 valence electrons. The van der Waals surface area contributed by atoms with Crippen LogP contribution in [0.3, 0.4) is 0 Å². The Morgan fingerprint density at radius 2 is 1.71 bits per heavy atom. The summed E-state index contributed by atoms with van der Waals surface area (Å²) in [6.45, 7) is 2.56. The van der Waals surface area contributed by atoms with Crippen molar-refractivity contribution in [3.63, 3.8) is 0 Å². The molecule has 7 heteroatoms. The van der Waals surface area contributed by atoms with Crippen LogP contribution in [0.15, 0.2) is 77.4 Å². The number of hydrogen-bond acceptors (Lipinski definition) is 4. The first kappa shape index (κ1) is 23.8. The van der Waals surface area contributed by atoms with E-state index in [0.717, 1.165) is 57.2 Å². The molecule has 0 spiro atoms. The van der Waals surface area contributed by atoms with Crippen molar-refractivity contribution in [2.75, 3.05) is 32.5 Å². The van der Waals surface area contributed by atoms with Gasteiger partial charge in [-0.1, -0.05) is 60.1 Å². The van der Waals surface area contributed by atoms with Crippen molar-refractivity contribution in [2.45, 2.75) is 13.0 Å². The van der Waals surface area contributed by atoms with Crippen LogP contribution in [0.25, 0.3) is 33.2 Å². The first-order chi connectivity index (χ1) is 17.0. The van der Waals surface area contributed by atoms with Crippen LogP contribution in [-0.4, -0.2) is 46.6 Å². The highest BCUT2D eigenvalue weighted by Gasteiger charge is 2.18. The minimum atomic E-state index is 0.679. The SMILES string of the molecule is CN(C)CCCNc1nc(-c2cn(Cc3ccccc3)c3c(Cl)cccc23)nc2c(Br)cccc12. The van der Waals surface area contributed by atoms with E-state index in [0.29, 0.717) is 17.4 Å². The van der Waals surface area contributed by atoms with Crippen molar-refractivity contribution >= 4 is 55.2 Å². The third-order valence-corrected chi connectivity index (χ3v) is 6.98. The third kappa shape index (κ3) is 5.06. The molecule has 35 heavy (non-hydrogen) atoms. The largest absolute Gasteiger partial charge is 0.369 e. The topological polar surface area (TPSA) is 46.0 Å². The number of hydrogen-bond donors (Lipinski definition) is 1. The van der Waals surface area contributed by atoms with Gasteiger partial charge in [0.2, 0.25) is 0 Å². The molecule has 0 saturated heterocycles. The molecule has 0 radical (unpaired) electrons. The third-order valence-electron chi connectivity index (χ3n) is 6.04. The highest BCUT2D eigenvalue weighted by atomic mass is 79.9. The fourth-order valence-corrected chi connectivity index (χ4v) is 5.11. The van der Waals surface area contributed by atoms with Crippen molar-refractivity contribution < 1.29 is 0 Å². The molecule has 0 aliphatic carbocycles. The number of anilines is 1. The zero-order chi connectivity index (χ0) is 24.4. The molecule has 3 aromatic carbocycles. The highest BCUT2D eigenvalue weighted by molar-refractivity contribution is 9.10. The van der Waals surface area contributed by atoms with E-state index in [1.54, 1.807) is 0 Å². The fourth-order valence-electron chi connectivity index (χ4n) is 4.37. The lowest BCUT2D eigenvalue weighted by molar-refractivity contribution is 0.405. The van der Waals surface area contributed by atoms with Gasteiger partial charge in [-0.3, -0.25) is 0 Å². The lowest BCUT2D eigenvalue weighted by Crippen LogP contribution is -2.17. The summed E-state index contributed by atoms with van der Waals surface area (Å²) in [5.74, 6) is 1.52. The quantitative estimate of drug-likeness (QED) is 0.211. The second kappa shape index (κ2) is 10.4. The summed E-state index contributed by atoms with van der Waals surface area (Å²) in [4.78, 5) is 12.2. The van der Waals surface area contributed by atoms with Gasteiger partial charge in [-0.2, -0.15) is 0 Å². The van der Waals surface area contributed by atoms with Crippen LogP contribution in [0.2, 0.25) is 5.02 Å². The van der Waals surface area contributed by atoms with Gasteiger partial charge in [-0.25, -0.2) is 9.97 Å². The van der Waals surface area contributed by atoms with Gasteiger partial charge < -0.3 is 14.8 Å². The first-order valence-corrected chi connectivity index (χ1v) is 12.8. The Morgan fingerprint density at radius 1 is 0.943 bits per heavy atom. The van der Waals surface area contributed by atoms with E-state index in [4.69, 9.17) is 21.6 Å². The van der Waals surface area contributed by atoms with Gasteiger partial charge >= 0.3 is 0 Å². The number of para-hydroxylation sites is 2. The summed E-state index contributed by atoms with van der Waals surface area (Å²) >= 11 is 10.4. The summed E-state index contributed by atoms with van der Waals surface area (Å²) < 4.78 is 3.14. The Morgan fingerprint density at radius 3 is 2.51 bits per heavy atom. The van der Waals surface area contributed by atoms with E-state index >= 15 is 0 Å². The number of nitrogens with zero attached hydrogens (tertiary/aromatic N) is 4. The van der Waals surface area contributed by atoms with Crippen molar-refractivity contribution in [3.8, 4) is 11.4 Å². The molecule has 2 aromatic heterocycles. The fraction of sp³-hybridized carbons (Fsp3) is 0.214. The van der Waals surface area contributed by atoms with E-state index in [2.05, 4.69) is 87.4 Å². The summed E-state index contributed by atoms with van der Waals surface area (Å²) in [6, 6.07) is 22.5. The molecular weight excluding hydrogens is 522 g/mol. The molecule has 0 bridgehead atoms. The normalized spacial score (nSPS) is 11.6. The molecule has 1 N–H and O–H groups in total. The minimum Gasteiger partial charge on any atom is -0.369 e. The van der Waals surface area contributed by atoms with Crippen LogP contribution in [0, 0.1) is 0 Å². The second-order valence-electron chi connectivity index (χ2n) is 8.91. The predicted octanol–water partition coefficient (Wildman–Crippen LogP) is 7.08. The Balaban J connectivity index is 1.63. The predicted molar refractivity (Wildman–Crippen MR) is 150 cm³/mol. The zero-order valence-electron chi connectivity index (χ0n) is 19.8. The molecule has 0 saturated carbocycles. The maximum Gasteiger partial charge on any atom is 0.164 e. The summed E-state index contributed by atoms with van der Waals surface area (Å²) in [6.07, 6.45) is 3.14. The van der Waals surface area contributed by atoms with Gasteiger partial charge in [0.25, 0.3) is 0 Å². The molecule has 5 aromatic rings. The number of benzene rings is 3. The molecule has 0 amide bonds. The molecule has 5 nitrogen and oxygen atoms in total. The Bertz CT molecular complexity index is 1480. The van der Waals surface area contributed by atoms with Gasteiger partial charge in [-0.15, -0.1) is 0 Å². The average Bonchev–Trinajstić information content (AvgIpc) is 3.22. The number of halogens is 2. The number of rotatable bonds is 8. The summed E-state index contributed by atoms with van der Waals surface area (Å²) in [5, 5.41) is 6.31. The Kier molecular flexibility index (Phi) is 7.04. The molecule has 0 atom stereocenters. The number of fused-ring (bicyclic) bond motifs is 2. The van der Waals surface area contributed by atoms with E-state index in [9.17, 15) is 0 Å². The standard InChI is InChI=1S/C28H27BrClN5/c1-34(2)16-8-15-31-27-21-12-6-13-23(29)25(21)32-28(33-27)22-18-35(17-19-9-4-3-5-10-19)26-20(22)11-7-14-24(26)30/h3-7,9-14,18H,8,15-17H2,1-2H3,(H,31,32,33). The van der Waals surface area contributed by atoms with E-state index in [1.165, 1.54) is 5.56 Å². The van der Waals surface area contributed by atoms with Gasteiger partial charge in [0, 0.05) is 40.1 Å².